The zero-order valence-corrected chi connectivity index (χ0v) is 11.7. The molecule has 6 heteroatoms. The van der Waals surface area contributed by atoms with Crippen LogP contribution in [-0.2, 0) is 17.8 Å². The Bertz CT molecular complexity index is 781. The third-order valence-electron chi connectivity index (χ3n) is 3.60. The van der Waals surface area contributed by atoms with Gasteiger partial charge in [-0.05, 0) is 32.4 Å². The van der Waals surface area contributed by atoms with Crippen LogP contribution >= 0.6 is 0 Å². The molecule has 0 aliphatic carbocycles. The number of nitrogens with zero attached hydrogens (tertiary/aromatic N) is 1. The van der Waals surface area contributed by atoms with Crippen molar-refractivity contribution in [2.45, 2.75) is 33.2 Å². The quantitative estimate of drug-likeness (QED) is 0.943. The number of carboxylic acid groups (broad SMARTS) is 1. The van der Waals surface area contributed by atoms with Gasteiger partial charge in [-0.1, -0.05) is 0 Å². The first kappa shape index (κ1) is 15.2. The Morgan fingerprint density at radius 1 is 1.29 bits per heavy atom. The minimum Gasteiger partial charge on any atom is -0.481 e. The minimum atomic E-state index is -1.04. The van der Waals surface area contributed by atoms with Crippen LogP contribution in [0.15, 0.2) is 16.9 Å². The number of aliphatic carboxylic acids is 1. The van der Waals surface area contributed by atoms with Crippen LogP contribution in [0.25, 0.3) is 10.9 Å². The zero-order valence-electron chi connectivity index (χ0n) is 11.7. The Kier molecular flexibility index (Phi) is 4.06. The third kappa shape index (κ3) is 2.53. The molecule has 112 valence electrons. The van der Waals surface area contributed by atoms with Crippen molar-refractivity contribution in [3.63, 3.8) is 0 Å². The Balaban J connectivity index is 2.86. The lowest BCUT2D eigenvalue weighted by Crippen LogP contribution is -2.21. The highest BCUT2D eigenvalue weighted by atomic mass is 19.1. The van der Waals surface area contributed by atoms with E-state index in [1.165, 1.54) is 4.57 Å². The molecule has 1 N–H and O–H groups in total. The predicted octanol–water partition coefficient (Wildman–Crippen LogP) is 2.63. The Morgan fingerprint density at radius 2 is 1.90 bits per heavy atom. The number of carbonyl (C=O) groups is 1. The topological polar surface area (TPSA) is 59.3 Å². The fourth-order valence-corrected chi connectivity index (χ4v) is 2.59. The summed E-state index contributed by atoms with van der Waals surface area (Å²) in [6.45, 7) is 3.72. The third-order valence-corrected chi connectivity index (χ3v) is 3.60. The fraction of sp³-hybridized carbons (Fsp3) is 0.333. The standard InChI is InChI=1S/C15H15F2NO3/c1-3-18-8(2)9(4-7-12(19)20)15(21)13-10(16)5-6-11(17)14(13)18/h5-6H,3-4,7H2,1-2H3,(H,19,20). The number of benzene rings is 1. The molecule has 0 atom stereocenters. The molecule has 4 nitrogen and oxygen atoms in total. The number of fused-ring (bicyclic) bond motifs is 1. The van der Waals surface area contributed by atoms with Crippen molar-refractivity contribution in [3.8, 4) is 0 Å². The summed E-state index contributed by atoms with van der Waals surface area (Å²) in [5.41, 5.74) is -0.0125. The van der Waals surface area contributed by atoms with Gasteiger partial charge in [0.1, 0.15) is 11.6 Å². The Morgan fingerprint density at radius 3 is 2.48 bits per heavy atom. The van der Waals surface area contributed by atoms with E-state index in [9.17, 15) is 18.4 Å². The first-order valence-electron chi connectivity index (χ1n) is 6.60. The molecule has 0 saturated heterocycles. The maximum atomic E-state index is 14.0. The zero-order chi connectivity index (χ0) is 15.7. The van der Waals surface area contributed by atoms with Gasteiger partial charge in [-0.2, -0.15) is 0 Å². The van der Waals surface area contributed by atoms with Gasteiger partial charge in [-0.3, -0.25) is 9.59 Å². The molecular formula is C15H15F2NO3. The number of aromatic nitrogens is 1. The molecule has 0 radical (unpaired) electrons. The molecule has 1 aromatic carbocycles. The van der Waals surface area contributed by atoms with Crippen molar-refractivity contribution in [3.05, 3.63) is 45.2 Å². The molecule has 1 aromatic heterocycles. The summed E-state index contributed by atoms with van der Waals surface area (Å²) in [6, 6.07) is 1.90. The molecule has 0 spiro atoms. The summed E-state index contributed by atoms with van der Waals surface area (Å²) in [7, 11) is 0. The van der Waals surface area contributed by atoms with E-state index in [0.29, 0.717) is 12.2 Å². The van der Waals surface area contributed by atoms with Crippen LogP contribution < -0.4 is 5.43 Å². The lowest BCUT2D eigenvalue weighted by atomic mass is 10.0. The number of hydrogen-bond acceptors (Lipinski definition) is 2. The second kappa shape index (κ2) is 5.63. The van der Waals surface area contributed by atoms with Crippen LogP contribution in [0.3, 0.4) is 0 Å². The van der Waals surface area contributed by atoms with Crippen LogP contribution in [0.2, 0.25) is 0 Å². The summed E-state index contributed by atoms with van der Waals surface area (Å²) in [4.78, 5) is 23.1. The summed E-state index contributed by atoms with van der Waals surface area (Å²) >= 11 is 0. The highest BCUT2D eigenvalue weighted by molar-refractivity contribution is 5.81. The number of carboxylic acids is 1. The minimum absolute atomic E-state index is 0.00804. The molecule has 0 aliphatic rings. The van der Waals surface area contributed by atoms with Gasteiger partial charge >= 0.3 is 5.97 Å². The van der Waals surface area contributed by atoms with Crippen LogP contribution in [0.1, 0.15) is 24.6 Å². The van der Waals surface area contributed by atoms with E-state index in [0.717, 1.165) is 12.1 Å². The van der Waals surface area contributed by atoms with Crippen molar-refractivity contribution in [2.75, 3.05) is 0 Å². The molecule has 0 bridgehead atoms. The van der Waals surface area contributed by atoms with Crippen molar-refractivity contribution < 1.29 is 18.7 Å². The van der Waals surface area contributed by atoms with Crippen LogP contribution in [0, 0.1) is 18.6 Å². The summed E-state index contributed by atoms with van der Waals surface area (Å²) in [5.74, 6) is -2.51. The van der Waals surface area contributed by atoms with Crippen LogP contribution in [0.4, 0.5) is 8.78 Å². The van der Waals surface area contributed by atoms with E-state index in [2.05, 4.69) is 0 Å². The lowest BCUT2D eigenvalue weighted by Gasteiger charge is -2.17. The molecule has 0 amide bonds. The molecule has 0 saturated carbocycles. The van der Waals surface area contributed by atoms with E-state index in [-0.39, 0.29) is 29.3 Å². The molecule has 21 heavy (non-hydrogen) atoms. The van der Waals surface area contributed by atoms with Crippen molar-refractivity contribution in [1.82, 2.24) is 4.57 Å². The Labute approximate surface area is 119 Å². The SMILES string of the molecule is CCn1c(C)c(CCC(=O)O)c(=O)c2c(F)ccc(F)c21. The molecule has 0 fully saturated rings. The van der Waals surface area contributed by atoms with Crippen LogP contribution in [0.5, 0.6) is 0 Å². The van der Waals surface area contributed by atoms with E-state index in [1.54, 1.807) is 13.8 Å². The molecule has 1 heterocycles. The number of hydrogen-bond donors (Lipinski definition) is 1. The largest absolute Gasteiger partial charge is 0.481 e. The van der Waals surface area contributed by atoms with Gasteiger partial charge in [-0.15, -0.1) is 0 Å². The number of aryl methyl sites for hydroxylation is 1. The van der Waals surface area contributed by atoms with Gasteiger partial charge in [0.2, 0.25) is 0 Å². The van der Waals surface area contributed by atoms with E-state index in [1.807, 2.05) is 0 Å². The van der Waals surface area contributed by atoms with Crippen molar-refractivity contribution in [2.24, 2.45) is 0 Å². The maximum Gasteiger partial charge on any atom is 0.303 e. The van der Waals surface area contributed by atoms with Crippen molar-refractivity contribution >= 4 is 16.9 Å². The van der Waals surface area contributed by atoms with E-state index >= 15 is 0 Å². The van der Waals surface area contributed by atoms with E-state index in [4.69, 9.17) is 5.11 Å². The van der Waals surface area contributed by atoms with Gasteiger partial charge in [0, 0.05) is 24.2 Å². The second-order valence-electron chi connectivity index (χ2n) is 4.78. The molecular weight excluding hydrogens is 280 g/mol. The second-order valence-corrected chi connectivity index (χ2v) is 4.78. The number of pyridine rings is 1. The first-order chi connectivity index (χ1) is 9.88. The molecule has 2 aromatic rings. The number of halogens is 2. The van der Waals surface area contributed by atoms with Crippen molar-refractivity contribution in [1.29, 1.82) is 0 Å². The van der Waals surface area contributed by atoms with Gasteiger partial charge in [0.05, 0.1) is 10.9 Å². The highest BCUT2D eigenvalue weighted by Gasteiger charge is 2.19. The van der Waals surface area contributed by atoms with Gasteiger partial charge in [-0.25, -0.2) is 8.78 Å². The van der Waals surface area contributed by atoms with Gasteiger partial charge in [0.15, 0.2) is 5.43 Å². The molecule has 2 rings (SSSR count). The smallest absolute Gasteiger partial charge is 0.303 e. The normalized spacial score (nSPS) is 11.0. The predicted molar refractivity (Wildman–Crippen MR) is 74.5 cm³/mol. The molecule has 0 aliphatic heterocycles. The van der Waals surface area contributed by atoms with Gasteiger partial charge in [0.25, 0.3) is 0 Å². The first-order valence-corrected chi connectivity index (χ1v) is 6.60. The Hall–Kier alpha value is -2.24. The summed E-state index contributed by atoms with van der Waals surface area (Å²) in [6.07, 6.45) is -0.242. The highest BCUT2D eigenvalue weighted by Crippen LogP contribution is 2.22. The average molecular weight is 295 g/mol. The molecule has 0 unspecified atom stereocenters. The number of rotatable bonds is 4. The van der Waals surface area contributed by atoms with Crippen LogP contribution in [-0.4, -0.2) is 15.6 Å². The summed E-state index contributed by atoms with van der Waals surface area (Å²) < 4.78 is 29.5. The van der Waals surface area contributed by atoms with Gasteiger partial charge < -0.3 is 9.67 Å². The fourth-order valence-electron chi connectivity index (χ4n) is 2.59. The lowest BCUT2D eigenvalue weighted by molar-refractivity contribution is -0.136. The maximum absolute atomic E-state index is 14.0. The summed E-state index contributed by atoms with van der Waals surface area (Å²) in [5, 5.41) is 8.44. The van der Waals surface area contributed by atoms with E-state index < -0.39 is 23.0 Å². The average Bonchev–Trinajstić information content (AvgIpc) is 2.42. The monoisotopic (exact) mass is 295 g/mol.